The van der Waals surface area contributed by atoms with Gasteiger partial charge in [0.15, 0.2) is 12.4 Å². The molecule has 2 aromatic rings. The van der Waals surface area contributed by atoms with Crippen LogP contribution in [0.2, 0.25) is 0 Å². The molecular weight excluding hydrogens is 304 g/mol. The quantitative estimate of drug-likeness (QED) is 0.893. The third-order valence-electron chi connectivity index (χ3n) is 4.68. The van der Waals surface area contributed by atoms with Crippen LogP contribution in [0.3, 0.4) is 0 Å². The number of amides is 2. The first kappa shape index (κ1) is 14.8. The van der Waals surface area contributed by atoms with Crippen molar-refractivity contribution < 1.29 is 14.3 Å². The lowest BCUT2D eigenvalue weighted by Gasteiger charge is -2.21. The number of benzene rings is 2. The van der Waals surface area contributed by atoms with E-state index in [-0.39, 0.29) is 24.5 Å². The normalized spacial score (nSPS) is 21.3. The molecule has 2 N–H and O–H groups in total. The van der Waals surface area contributed by atoms with Crippen molar-refractivity contribution in [3.05, 3.63) is 59.2 Å². The highest BCUT2D eigenvalue weighted by Gasteiger charge is 2.30. The molecule has 2 amide bonds. The molecular formula is C19H18N2O3. The van der Waals surface area contributed by atoms with E-state index in [0.717, 1.165) is 6.42 Å². The van der Waals surface area contributed by atoms with Crippen molar-refractivity contribution >= 4 is 17.5 Å². The molecule has 2 atom stereocenters. The third kappa shape index (κ3) is 2.42. The van der Waals surface area contributed by atoms with Crippen LogP contribution < -0.4 is 15.4 Å². The fourth-order valence-electron chi connectivity index (χ4n) is 3.55. The largest absolute Gasteiger partial charge is 0.481 e. The summed E-state index contributed by atoms with van der Waals surface area (Å²) in [5.41, 5.74) is 3.46. The Morgan fingerprint density at radius 2 is 1.96 bits per heavy atom. The summed E-state index contributed by atoms with van der Waals surface area (Å²) >= 11 is 0. The summed E-state index contributed by atoms with van der Waals surface area (Å²) in [5.74, 6) is 0.469. The number of hydrogen-bond donors (Lipinski definition) is 2. The Labute approximate surface area is 140 Å². The molecule has 1 aliphatic carbocycles. The summed E-state index contributed by atoms with van der Waals surface area (Å²) in [4.78, 5) is 24.2. The predicted molar refractivity (Wildman–Crippen MR) is 90.2 cm³/mol. The minimum absolute atomic E-state index is 0.00209. The van der Waals surface area contributed by atoms with Crippen molar-refractivity contribution in [3.63, 3.8) is 0 Å². The summed E-state index contributed by atoms with van der Waals surface area (Å²) in [5, 5.41) is 5.84. The Bertz CT molecular complexity index is 831. The van der Waals surface area contributed by atoms with Crippen LogP contribution in [0.4, 0.5) is 5.69 Å². The molecule has 0 saturated carbocycles. The Kier molecular flexibility index (Phi) is 3.49. The number of anilines is 1. The molecule has 5 heteroatoms. The Hall–Kier alpha value is -2.82. The van der Waals surface area contributed by atoms with Crippen molar-refractivity contribution in [3.8, 4) is 5.75 Å². The van der Waals surface area contributed by atoms with Gasteiger partial charge in [-0.2, -0.15) is 0 Å². The lowest BCUT2D eigenvalue weighted by Crippen LogP contribution is -2.30. The lowest BCUT2D eigenvalue weighted by molar-refractivity contribution is -0.118. The summed E-state index contributed by atoms with van der Waals surface area (Å²) < 4.78 is 5.47. The highest BCUT2D eigenvalue weighted by Crippen LogP contribution is 2.40. The first-order chi connectivity index (χ1) is 11.6. The van der Waals surface area contributed by atoms with Crippen molar-refractivity contribution in [1.82, 2.24) is 5.32 Å². The van der Waals surface area contributed by atoms with Gasteiger partial charge in [-0.25, -0.2) is 0 Å². The fourth-order valence-corrected chi connectivity index (χ4v) is 3.55. The number of fused-ring (bicyclic) bond motifs is 2. The van der Waals surface area contributed by atoms with Crippen molar-refractivity contribution in [1.29, 1.82) is 0 Å². The van der Waals surface area contributed by atoms with Gasteiger partial charge >= 0.3 is 0 Å². The second-order valence-electron chi connectivity index (χ2n) is 6.31. The highest BCUT2D eigenvalue weighted by molar-refractivity contribution is 6.03. The average Bonchev–Trinajstić information content (AvgIpc) is 2.90. The monoisotopic (exact) mass is 322 g/mol. The van der Waals surface area contributed by atoms with Gasteiger partial charge in [0.2, 0.25) is 0 Å². The summed E-state index contributed by atoms with van der Waals surface area (Å²) in [6.45, 7) is 2.11. The summed E-state index contributed by atoms with van der Waals surface area (Å²) in [7, 11) is 0. The van der Waals surface area contributed by atoms with E-state index in [1.807, 2.05) is 12.1 Å². The Balaban J connectivity index is 1.60. The van der Waals surface area contributed by atoms with Crippen LogP contribution in [0.25, 0.3) is 0 Å². The predicted octanol–water partition coefficient (Wildman–Crippen LogP) is 3.00. The maximum absolute atomic E-state index is 12.8. The van der Waals surface area contributed by atoms with Gasteiger partial charge in [0, 0.05) is 0 Å². The van der Waals surface area contributed by atoms with E-state index in [2.05, 4.69) is 29.7 Å². The Morgan fingerprint density at radius 3 is 2.79 bits per heavy atom. The molecule has 5 nitrogen and oxygen atoms in total. The zero-order chi connectivity index (χ0) is 16.7. The molecule has 0 aromatic heterocycles. The van der Waals surface area contributed by atoms with E-state index in [0.29, 0.717) is 22.9 Å². The first-order valence-electron chi connectivity index (χ1n) is 8.09. The second kappa shape index (κ2) is 5.67. The number of rotatable bonds is 2. The molecule has 0 unspecified atom stereocenters. The molecule has 0 saturated heterocycles. The van der Waals surface area contributed by atoms with Crippen LogP contribution in [-0.2, 0) is 4.79 Å². The van der Waals surface area contributed by atoms with E-state index < -0.39 is 0 Å². The second-order valence-corrected chi connectivity index (χ2v) is 6.31. The van der Waals surface area contributed by atoms with Gasteiger partial charge in [0.25, 0.3) is 11.8 Å². The van der Waals surface area contributed by atoms with Crippen LogP contribution in [0.15, 0.2) is 42.5 Å². The van der Waals surface area contributed by atoms with Gasteiger partial charge in [0.1, 0.15) is 0 Å². The zero-order valence-corrected chi connectivity index (χ0v) is 13.3. The smallest absolute Gasteiger partial charge is 0.262 e. The topological polar surface area (TPSA) is 67.4 Å². The standard InChI is InChI=1S/C19H18N2O3/c1-11-9-16(13-6-3-2-5-12(11)13)21-19(23)14-7-4-8-15-18(14)24-10-17(22)20-15/h2-8,11,16H,9-10H2,1H3,(H,20,22)(H,21,23)/t11-,16+/m0/s1. The molecule has 0 radical (unpaired) electrons. The van der Waals surface area contributed by atoms with Crippen molar-refractivity contribution in [2.45, 2.75) is 25.3 Å². The number of carbonyl (C=O) groups is 2. The number of ether oxygens (including phenoxy) is 1. The van der Waals surface area contributed by atoms with Crippen LogP contribution in [0.1, 0.15) is 46.8 Å². The van der Waals surface area contributed by atoms with Gasteiger partial charge in [-0.3, -0.25) is 9.59 Å². The summed E-state index contributed by atoms with van der Waals surface area (Å²) in [6.07, 6.45) is 0.887. The molecule has 122 valence electrons. The Morgan fingerprint density at radius 1 is 1.17 bits per heavy atom. The van der Waals surface area contributed by atoms with Crippen LogP contribution >= 0.6 is 0 Å². The molecule has 1 heterocycles. The molecule has 2 aliphatic rings. The molecule has 1 aliphatic heterocycles. The SMILES string of the molecule is C[C@H]1C[C@@H](NC(=O)c2cccc3c2OCC(=O)N3)c2ccccc21. The molecule has 4 rings (SSSR count). The van der Waals surface area contributed by atoms with Gasteiger partial charge in [-0.1, -0.05) is 37.3 Å². The van der Waals surface area contributed by atoms with Crippen LogP contribution in [0, 0.1) is 0 Å². The zero-order valence-electron chi connectivity index (χ0n) is 13.3. The number of para-hydroxylation sites is 1. The van der Waals surface area contributed by atoms with Gasteiger partial charge < -0.3 is 15.4 Å². The van der Waals surface area contributed by atoms with E-state index in [4.69, 9.17) is 4.74 Å². The fraction of sp³-hybridized carbons (Fsp3) is 0.263. The van der Waals surface area contributed by atoms with E-state index in [9.17, 15) is 9.59 Å². The van der Waals surface area contributed by atoms with Gasteiger partial charge in [-0.15, -0.1) is 0 Å². The van der Waals surface area contributed by atoms with E-state index >= 15 is 0 Å². The minimum Gasteiger partial charge on any atom is -0.481 e. The third-order valence-corrected chi connectivity index (χ3v) is 4.68. The maximum atomic E-state index is 12.8. The molecule has 2 aromatic carbocycles. The number of carbonyl (C=O) groups excluding carboxylic acids is 2. The van der Waals surface area contributed by atoms with Gasteiger partial charge in [-0.05, 0) is 35.6 Å². The van der Waals surface area contributed by atoms with Crippen LogP contribution in [0.5, 0.6) is 5.75 Å². The molecule has 0 fully saturated rings. The molecule has 24 heavy (non-hydrogen) atoms. The average molecular weight is 322 g/mol. The number of nitrogens with one attached hydrogen (secondary N) is 2. The maximum Gasteiger partial charge on any atom is 0.262 e. The van der Waals surface area contributed by atoms with Crippen molar-refractivity contribution in [2.24, 2.45) is 0 Å². The highest BCUT2D eigenvalue weighted by atomic mass is 16.5. The van der Waals surface area contributed by atoms with Crippen molar-refractivity contribution in [2.75, 3.05) is 11.9 Å². The molecule has 0 spiro atoms. The minimum atomic E-state index is -0.210. The molecule has 0 bridgehead atoms. The van der Waals surface area contributed by atoms with E-state index in [1.54, 1.807) is 18.2 Å². The van der Waals surface area contributed by atoms with E-state index in [1.165, 1.54) is 11.1 Å². The lowest BCUT2D eigenvalue weighted by atomic mass is 10.0. The number of hydrogen-bond acceptors (Lipinski definition) is 3. The first-order valence-corrected chi connectivity index (χ1v) is 8.09. The summed E-state index contributed by atoms with van der Waals surface area (Å²) in [6, 6.07) is 13.4. The van der Waals surface area contributed by atoms with Gasteiger partial charge in [0.05, 0.1) is 17.3 Å². The van der Waals surface area contributed by atoms with Crippen LogP contribution in [-0.4, -0.2) is 18.4 Å².